The fraction of sp³-hybridized carbons (Fsp3) is 0.250. The molecule has 0 aliphatic carbocycles. The molecule has 1 rings (SSSR count). The molecule has 78 valence electrons. The van der Waals surface area contributed by atoms with Crippen molar-refractivity contribution < 1.29 is 17.7 Å². The molecule has 0 unspecified atom stereocenters. The average Bonchev–Trinajstić information content (AvgIpc) is 2.06. The average molecular weight is 223 g/mol. The first-order chi connectivity index (χ1) is 6.38. The predicted octanol–water partition coefficient (Wildman–Crippen LogP) is 3.41. The summed E-state index contributed by atoms with van der Waals surface area (Å²) < 4.78 is 40.0. The van der Waals surface area contributed by atoms with E-state index in [1.165, 1.54) is 18.2 Å². The molecule has 0 fully saturated rings. The quantitative estimate of drug-likeness (QED) is 0.714. The Balaban J connectivity index is 2.65. The van der Waals surface area contributed by atoms with E-state index < -0.39 is 13.5 Å². The van der Waals surface area contributed by atoms with Crippen LogP contribution in [0, 0.1) is 6.92 Å². The summed E-state index contributed by atoms with van der Waals surface area (Å²) in [5.74, 6) is 0.186. The third-order valence-corrected chi connectivity index (χ3v) is 1.99. The maximum absolute atomic E-state index is 11.8. The Morgan fingerprint density at radius 3 is 2.50 bits per heavy atom. The van der Waals surface area contributed by atoms with Gasteiger partial charge in [0, 0.05) is 5.02 Å². The van der Waals surface area contributed by atoms with Crippen molar-refractivity contribution in [3.8, 4) is 5.75 Å². The number of rotatable bonds is 3. The van der Waals surface area contributed by atoms with Crippen LogP contribution in [0.15, 0.2) is 18.2 Å². The Kier molecular flexibility index (Phi) is 3.31. The van der Waals surface area contributed by atoms with Crippen LogP contribution in [0.3, 0.4) is 0 Å². The lowest BCUT2D eigenvalue weighted by molar-refractivity contribution is 0.313. The molecule has 0 saturated heterocycles. The topological polar surface area (TPSA) is 9.23 Å². The number of ether oxygens (including phenoxy) is 1. The van der Waals surface area contributed by atoms with Gasteiger partial charge in [0.15, 0.2) is 0 Å². The van der Waals surface area contributed by atoms with Crippen molar-refractivity contribution in [3.05, 3.63) is 28.8 Å². The molecule has 0 aliphatic heterocycles. The zero-order chi connectivity index (χ0) is 10.8. The fourth-order valence-electron chi connectivity index (χ4n) is 0.898. The van der Waals surface area contributed by atoms with Gasteiger partial charge in [-0.05, 0) is 30.7 Å². The van der Waals surface area contributed by atoms with E-state index in [4.69, 9.17) is 11.6 Å². The predicted molar refractivity (Wildman–Crippen MR) is 50.8 cm³/mol. The molecule has 0 aliphatic rings. The molecular weight excluding hydrogens is 215 g/mol. The van der Waals surface area contributed by atoms with Gasteiger partial charge in [0.2, 0.25) is 0 Å². The van der Waals surface area contributed by atoms with Crippen LogP contribution in [-0.4, -0.2) is 13.5 Å². The summed E-state index contributed by atoms with van der Waals surface area (Å²) in [6, 6.07) is 4.40. The molecule has 0 bridgehead atoms. The minimum absolute atomic E-state index is 0.186. The second kappa shape index (κ2) is 4.13. The standard InChI is InChI=1S/C8H8BClF3O/c1-6-4-7(2-3-8(6)10)14-5-9(11,12)13/h2-4H,5H2,1H3/q-1. The largest absolute Gasteiger partial charge is 0.522 e. The van der Waals surface area contributed by atoms with Crippen molar-refractivity contribution in [1.29, 1.82) is 0 Å². The number of aryl methyl sites for hydroxylation is 1. The minimum atomic E-state index is -4.90. The van der Waals surface area contributed by atoms with Crippen molar-refractivity contribution >= 4 is 18.6 Å². The van der Waals surface area contributed by atoms with Crippen molar-refractivity contribution in [2.24, 2.45) is 0 Å². The first kappa shape index (κ1) is 11.2. The van der Waals surface area contributed by atoms with Crippen LogP contribution in [0.1, 0.15) is 5.56 Å². The molecule has 0 aromatic heterocycles. The third-order valence-electron chi connectivity index (χ3n) is 1.57. The molecule has 0 heterocycles. The van der Waals surface area contributed by atoms with Crippen LogP contribution in [0.2, 0.25) is 5.02 Å². The fourth-order valence-corrected chi connectivity index (χ4v) is 1.02. The van der Waals surface area contributed by atoms with E-state index in [1.807, 2.05) is 0 Å². The molecular formula is C8H8BClF3O-. The second-order valence-electron chi connectivity index (χ2n) is 2.93. The van der Waals surface area contributed by atoms with Crippen LogP contribution in [-0.2, 0) is 0 Å². The van der Waals surface area contributed by atoms with Gasteiger partial charge in [-0.15, -0.1) is 0 Å². The van der Waals surface area contributed by atoms with E-state index in [2.05, 4.69) is 4.74 Å². The van der Waals surface area contributed by atoms with E-state index in [0.29, 0.717) is 10.6 Å². The molecule has 0 spiro atoms. The van der Waals surface area contributed by atoms with Crippen molar-refractivity contribution in [2.45, 2.75) is 6.92 Å². The molecule has 0 saturated carbocycles. The summed E-state index contributed by atoms with van der Waals surface area (Å²) in [6.07, 6.45) is 0. The van der Waals surface area contributed by atoms with Gasteiger partial charge in [0.25, 0.3) is 0 Å². The van der Waals surface area contributed by atoms with Gasteiger partial charge in [-0.1, -0.05) is 11.6 Å². The molecule has 0 amide bonds. The lowest BCUT2D eigenvalue weighted by Crippen LogP contribution is -2.26. The summed E-state index contributed by atoms with van der Waals surface area (Å²) in [5, 5.41) is 0.509. The second-order valence-corrected chi connectivity index (χ2v) is 3.34. The summed E-state index contributed by atoms with van der Waals surface area (Å²) >= 11 is 5.70. The lowest BCUT2D eigenvalue weighted by atomic mass is 9.95. The van der Waals surface area contributed by atoms with Crippen LogP contribution < -0.4 is 4.74 Å². The SMILES string of the molecule is Cc1cc(OC[B-](F)(F)F)ccc1Cl. The first-order valence-corrected chi connectivity index (χ1v) is 4.36. The Morgan fingerprint density at radius 2 is 2.00 bits per heavy atom. The van der Waals surface area contributed by atoms with Gasteiger partial charge in [0.1, 0.15) is 5.75 Å². The number of hydrogen-bond acceptors (Lipinski definition) is 1. The Labute approximate surface area is 84.9 Å². The van der Waals surface area contributed by atoms with Gasteiger partial charge in [-0.2, -0.15) is 0 Å². The maximum Gasteiger partial charge on any atom is 0.515 e. The van der Waals surface area contributed by atoms with Crippen molar-refractivity contribution in [3.63, 3.8) is 0 Å². The number of halogens is 4. The van der Waals surface area contributed by atoms with Gasteiger partial charge < -0.3 is 17.7 Å². The smallest absolute Gasteiger partial charge is 0.515 e. The monoisotopic (exact) mass is 223 g/mol. The Bertz CT molecular complexity index is 327. The minimum Gasteiger partial charge on any atom is -0.522 e. The molecule has 1 aromatic rings. The van der Waals surface area contributed by atoms with Gasteiger partial charge in [0.05, 0.1) is 6.51 Å². The summed E-state index contributed by atoms with van der Waals surface area (Å²) in [5.41, 5.74) is 0.693. The summed E-state index contributed by atoms with van der Waals surface area (Å²) in [6.45, 7) is -4.42. The molecule has 6 heteroatoms. The van der Waals surface area contributed by atoms with Crippen LogP contribution in [0.5, 0.6) is 5.75 Å². The van der Waals surface area contributed by atoms with Gasteiger partial charge >= 0.3 is 6.98 Å². The highest BCUT2D eigenvalue weighted by atomic mass is 35.5. The van der Waals surface area contributed by atoms with Crippen LogP contribution in [0.25, 0.3) is 0 Å². The third kappa shape index (κ3) is 3.50. The highest BCUT2D eigenvalue weighted by Gasteiger charge is 2.24. The number of hydrogen-bond donors (Lipinski definition) is 0. The molecule has 14 heavy (non-hydrogen) atoms. The molecule has 1 nitrogen and oxygen atoms in total. The van der Waals surface area contributed by atoms with E-state index in [1.54, 1.807) is 6.92 Å². The Hall–Kier alpha value is -0.835. The maximum atomic E-state index is 11.8. The highest BCUT2D eigenvalue weighted by molar-refractivity contribution is 6.58. The van der Waals surface area contributed by atoms with E-state index >= 15 is 0 Å². The Morgan fingerprint density at radius 1 is 1.36 bits per heavy atom. The van der Waals surface area contributed by atoms with Crippen LogP contribution in [0.4, 0.5) is 12.9 Å². The van der Waals surface area contributed by atoms with Crippen LogP contribution >= 0.6 is 11.6 Å². The first-order valence-electron chi connectivity index (χ1n) is 3.98. The zero-order valence-electron chi connectivity index (χ0n) is 7.44. The normalized spacial score (nSPS) is 11.5. The molecule has 1 aromatic carbocycles. The van der Waals surface area contributed by atoms with E-state index in [0.717, 1.165) is 0 Å². The summed E-state index contributed by atoms with van der Waals surface area (Å²) in [7, 11) is 0. The van der Waals surface area contributed by atoms with Gasteiger partial charge in [-0.25, -0.2) is 0 Å². The van der Waals surface area contributed by atoms with E-state index in [9.17, 15) is 12.9 Å². The lowest BCUT2D eigenvalue weighted by Gasteiger charge is -2.15. The van der Waals surface area contributed by atoms with Crippen molar-refractivity contribution in [2.75, 3.05) is 6.51 Å². The van der Waals surface area contributed by atoms with Gasteiger partial charge in [-0.3, -0.25) is 0 Å². The van der Waals surface area contributed by atoms with Crippen molar-refractivity contribution in [1.82, 2.24) is 0 Å². The highest BCUT2D eigenvalue weighted by Crippen LogP contribution is 2.22. The molecule has 0 N–H and O–H groups in total. The summed E-state index contributed by atoms with van der Waals surface area (Å²) in [4.78, 5) is 0. The zero-order valence-corrected chi connectivity index (χ0v) is 8.19. The number of benzene rings is 1. The van der Waals surface area contributed by atoms with E-state index in [-0.39, 0.29) is 5.75 Å². The molecule has 0 radical (unpaired) electrons. The molecule has 0 atom stereocenters.